The van der Waals surface area contributed by atoms with Gasteiger partial charge in [-0.1, -0.05) is 18.2 Å². The minimum Gasteiger partial charge on any atom is -0.322 e. The number of amides is 1. The Hall–Kier alpha value is -1.88. The van der Waals surface area contributed by atoms with Gasteiger partial charge in [0.1, 0.15) is 17.0 Å². The van der Waals surface area contributed by atoms with Gasteiger partial charge in [-0.05, 0) is 35.9 Å². The topological polar surface area (TPSA) is 20.3 Å². The molecule has 0 radical (unpaired) electrons. The maximum absolute atomic E-state index is 13.3. The Morgan fingerprint density at radius 3 is 2.57 bits per heavy atom. The lowest BCUT2D eigenvalue weighted by Crippen LogP contribution is -2.30. The second-order valence-electron chi connectivity index (χ2n) is 4.78. The highest BCUT2D eigenvalue weighted by Gasteiger charge is 2.31. The summed E-state index contributed by atoms with van der Waals surface area (Å²) in [4.78, 5) is 14.2. The van der Waals surface area contributed by atoms with Crippen molar-refractivity contribution in [3.8, 4) is 0 Å². The van der Waals surface area contributed by atoms with E-state index < -0.39 is 5.82 Å². The third-order valence-electron chi connectivity index (χ3n) is 3.38. The van der Waals surface area contributed by atoms with Gasteiger partial charge in [-0.2, -0.15) is 0 Å². The Morgan fingerprint density at radius 2 is 1.86 bits per heavy atom. The van der Waals surface area contributed by atoms with Gasteiger partial charge in [0.05, 0.1) is 0 Å². The minimum absolute atomic E-state index is 0.152. The molecule has 1 amide bonds. The second kappa shape index (κ2) is 5.85. The maximum atomic E-state index is 13.3. The summed E-state index contributed by atoms with van der Waals surface area (Å²) in [6, 6.07) is 11.8. The first kappa shape index (κ1) is 14.1. The van der Waals surface area contributed by atoms with E-state index in [0.29, 0.717) is 12.1 Å². The molecule has 0 spiro atoms. The fourth-order valence-corrected chi connectivity index (χ4v) is 3.62. The molecule has 1 aliphatic rings. The number of nitrogens with zero attached hydrogens (tertiary/aromatic N) is 1. The molecule has 2 aromatic carbocycles. The first-order valence-electron chi connectivity index (χ1n) is 6.59. The van der Waals surface area contributed by atoms with Gasteiger partial charge >= 0.3 is 0 Å². The van der Waals surface area contributed by atoms with Gasteiger partial charge in [-0.25, -0.2) is 8.78 Å². The summed E-state index contributed by atoms with van der Waals surface area (Å²) in [5.41, 5.74) is 1.22. The SMILES string of the molecule is O=C(c1cccc(F)c1)N1CCSC1c1ccc(F)cc1. The summed E-state index contributed by atoms with van der Waals surface area (Å²) in [5, 5.41) is -0.152. The van der Waals surface area contributed by atoms with Crippen molar-refractivity contribution >= 4 is 17.7 Å². The second-order valence-corrected chi connectivity index (χ2v) is 5.97. The van der Waals surface area contributed by atoms with Gasteiger partial charge in [-0.15, -0.1) is 11.8 Å². The number of hydrogen-bond donors (Lipinski definition) is 0. The lowest BCUT2D eigenvalue weighted by Gasteiger charge is -2.24. The molecule has 3 rings (SSSR count). The number of hydrogen-bond acceptors (Lipinski definition) is 2. The first-order chi connectivity index (χ1) is 10.1. The lowest BCUT2D eigenvalue weighted by molar-refractivity contribution is 0.0760. The van der Waals surface area contributed by atoms with E-state index in [4.69, 9.17) is 0 Å². The van der Waals surface area contributed by atoms with Gasteiger partial charge in [0.25, 0.3) is 5.91 Å². The van der Waals surface area contributed by atoms with Crippen LogP contribution in [0.4, 0.5) is 8.78 Å². The van der Waals surface area contributed by atoms with Crippen LogP contribution in [0.15, 0.2) is 48.5 Å². The van der Waals surface area contributed by atoms with E-state index in [1.807, 2.05) is 0 Å². The molecule has 5 heteroatoms. The molecule has 1 atom stereocenters. The van der Waals surface area contributed by atoms with Crippen LogP contribution in [-0.2, 0) is 0 Å². The van der Waals surface area contributed by atoms with Crippen LogP contribution in [0.5, 0.6) is 0 Å². The fourth-order valence-electron chi connectivity index (χ4n) is 2.37. The van der Waals surface area contributed by atoms with Crippen LogP contribution in [0.3, 0.4) is 0 Å². The Morgan fingerprint density at radius 1 is 1.10 bits per heavy atom. The van der Waals surface area contributed by atoms with Crippen LogP contribution in [0.2, 0.25) is 0 Å². The Bertz CT molecular complexity index is 660. The predicted octanol–water partition coefficient (Wildman–Crippen LogP) is 3.85. The number of halogens is 2. The summed E-state index contributed by atoms with van der Waals surface area (Å²) in [6.45, 7) is 0.599. The summed E-state index contributed by atoms with van der Waals surface area (Å²) in [6.07, 6.45) is 0. The van der Waals surface area contributed by atoms with Gasteiger partial charge in [-0.3, -0.25) is 4.79 Å². The van der Waals surface area contributed by atoms with Crippen LogP contribution in [0, 0.1) is 11.6 Å². The number of carbonyl (C=O) groups is 1. The molecule has 1 unspecified atom stereocenters. The molecule has 0 aromatic heterocycles. The standard InChI is InChI=1S/C16H13F2NOS/c17-13-6-4-11(5-7-13)16-19(8-9-21-16)15(20)12-2-1-3-14(18)10-12/h1-7,10,16H,8-9H2. The molecule has 0 bridgehead atoms. The summed E-state index contributed by atoms with van der Waals surface area (Å²) in [5.74, 6) is -0.118. The smallest absolute Gasteiger partial charge is 0.255 e. The zero-order chi connectivity index (χ0) is 14.8. The maximum Gasteiger partial charge on any atom is 0.255 e. The molecular weight excluding hydrogens is 292 g/mol. The van der Waals surface area contributed by atoms with Crippen molar-refractivity contribution in [3.63, 3.8) is 0 Å². The third-order valence-corrected chi connectivity index (χ3v) is 4.64. The van der Waals surface area contributed by atoms with E-state index in [1.54, 1.807) is 34.9 Å². The summed E-state index contributed by atoms with van der Waals surface area (Å²) in [7, 11) is 0. The van der Waals surface area contributed by atoms with Crippen molar-refractivity contribution in [2.45, 2.75) is 5.37 Å². The van der Waals surface area contributed by atoms with Gasteiger partial charge in [0.2, 0.25) is 0 Å². The van der Waals surface area contributed by atoms with Crippen LogP contribution >= 0.6 is 11.8 Å². The van der Waals surface area contributed by atoms with E-state index in [9.17, 15) is 13.6 Å². The van der Waals surface area contributed by atoms with Crippen molar-refractivity contribution in [2.24, 2.45) is 0 Å². The van der Waals surface area contributed by atoms with E-state index >= 15 is 0 Å². The van der Waals surface area contributed by atoms with Crippen LogP contribution in [0.1, 0.15) is 21.3 Å². The molecule has 21 heavy (non-hydrogen) atoms. The van der Waals surface area contributed by atoms with Crippen LogP contribution in [0.25, 0.3) is 0 Å². The number of carbonyl (C=O) groups excluding carboxylic acids is 1. The van der Waals surface area contributed by atoms with Crippen molar-refractivity contribution < 1.29 is 13.6 Å². The Balaban J connectivity index is 1.87. The van der Waals surface area contributed by atoms with E-state index in [-0.39, 0.29) is 17.1 Å². The highest BCUT2D eigenvalue weighted by Crippen LogP contribution is 2.38. The Labute approximate surface area is 125 Å². The fraction of sp³-hybridized carbons (Fsp3) is 0.188. The molecule has 0 N–H and O–H groups in total. The normalized spacial score (nSPS) is 18.0. The van der Waals surface area contributed by atoms with Crippen molar-refractivity contribution in [1.82, 2.24) is 4.90 Å². The average molecular weight is 305 g/mol. The van der Waals surface area contributed by atoms with E-state index in [2.05, 4.69) is 0 Å². The summed E-state index contributed by atoms with van der Waals surface area (Å²) >= 11 is 1.63. The molecule has 108 valence electrons. The average Bonchev–Trinajstić information content (AvgIpc) is 2.96. The monoisotopic (exact) mass is 305 g/mol. The summed E-state index contributed by atoms with van der Waals surface area (Å²) < 4.78 is 26.3. The number of benzene rings is 2. The largest absolute Gasteiger partial charge is 0.322 e. The number of thioether (sulfide) groups is 1. The third kappa shape index (κ3) is 2.93. The van der Waals surface area contributed by atoms with Gasteiger partial charge in [0.15, 0.2) is 0 Å². The van der Waals surface area contributed by atoms with E-state index in [1.165, 1.54) is 30.3 Å². The Kier molecular flexibility index (Phi) is 3.92. The van der Waals surface area contributed by atoms with Crippen molar-refractivity contribution in [1.29, 1.82) is 0 Å². The molecule has 1 heterocycles. The predicted molar refractivity (Wildman–Crippen MR) is 79.0 cm³/mol. The highest BCUT2D eigenvalue weighted by molar-refractivity contribution is 7.99. The van der Waals surface area contributed by atoms with Crippen LogP contribution < -0.4 is 0 Å². The minimum atomic E-state index is -0.425. The number of rotatable bonds is 2. The molecule has 0 aliphatic carbocycles. The van der Waals surface area contributed by atoms with Gasteiger partial charge < -0.3 is 4.90 Å². The molecule has 0 saturated carbocycles. The molecule has 1 saturated heterocycles. The molecule has 2 aromatic rings. The quantitative estimate of drug-likeness (QED) is 0.840. The van der Waals surface area contributed by atoms with Crippen molar-refractivity contribution in [2.75, 3.05) is 12.3 Å². The highest BCUT2D eigenvalue weighted by atomic mass is 32.2. The molecule has 2 nitrogen and oxygen atoms in total. The van der Waals surface area contributed by atoms with Crippen LogP contribution in [-0.4, -0.2) is 23.1 Å². The lowest BCUT2D eigenvalue weighted by atomic mass is 10.1. The zero-order valence-electron chi connectivity index (χ0n) is 11.1. The molecule has 1 fully saturated rings. The van der Waals surface area contributed by atoms with E-state index in [0.717, 1.165) is 11.3 Å². The van der Waals surface area contributed by atoms with Crippen molar-refractivity contribution in [3.05, 3.63) is 71.3 Å². The molecular formula is C16H13F2NOS. The van der Waals surface area contributed by atoms with Gasteiger partial charge in [0, 0.05) is 17.9 Å². The molecule has 1 aliphatic heterocycles. The zero-order valence-corrected chi connectivity index (χ0v) is 11.9. The first-order valence-corrected chi connectivity index (χ1v) is 7.63.